The van der Waals surface area contributed by atoms with Crippen molar-refractivity contribution in [2.45, 2.75) is 58.2 Å². The van der Waals surface area contributed by atoms with E-state index in [9.17, 15) is 14.4 Å². The zero-order chi connectivity index (χ0) is 30.3. The fraction of sp³-hybridized carbons (Fsp3) is 0.400. The average molecular weight is 606 g/mol. The van der Waals surface area contributed by atoms with E-state index in [4.69, 9.17) is 20.2 Å². The van der Waals surface area contributed by atoms with E-state index >= 15 is 0 Å². The Balaban J connectivity index is 0.000000407. The SMILES string of the molecule is Cc1nc2n(c(=O)c1CCN1CCC(Nc3nc4ccccc4n3Cc3cscn3)C1)CCCC2.O=C(O)/C=C/C(=O)O. The second-order valence-electron chi connectivity index (χ2n) is 10.7. The van der Waals surface area contributed by atoms with Crippen LogP contribution >= 0.6 is 11.3 Å². The lowest BCUT2D eigenvalue weighted by atomic mass is 10.1. The van der Waals surface area contributed by atoms with Gasteiger partial charge in [-0.2, -0.15) is 0 Å². The third-order valence-corrected chi connectivity index (χ3v) is 8.33. The minimum atomic E-state index is -1.26. The zero-order valence-electron chi connectivity index (χ0n) is 24.0. The van der Waals surface area contributed by atoms with Gasteiger partial charge < -0.3 is 25.0 Å². The Bertz CT molecular complexity index is 1660. The Morgan fingerprint density at radius 3 is 2.65 bits per heavy atom. The molecule has 1 saturated heterocycles. The summed E-state index contributed by atoms with van der Waals surface area (Å²) in [6, 6.07) is 8.60. The van der Waals surface area contributed by atoms with Crippen LogP contribution in [0.2, 0.25) is 0 Å². The summed E-state index contributed by atoms with van der Waals surface area (Å²) in [7, 11) is 0. The Labute approximate surface area is 252 Å². The second kappa shape index (κ2) is 13.7. The molecule has 43 heavy (non-hydrogen) atoms. The molecule has 0 aliphatic carbocycles. The van der Waals surface area contributed by atoms with Crippen LogP contribution in [0.25, 0.3) is 11.0 Å². The predicted molar refractivity (Wildman–Crippen MR) is 164 cm³/mol. The lowest BCUT2D eigenvalue weighted by molar-refractivity contribution is -0.134. The van der Waals surface area contributed by atoms with Crippen molar-refractivity contribution in [3.8, 4) is 0 Å². The number of hydrogen-bond donors (Lipinski definition) is 3. The molecule has 0 spiro atoms. The Hall–Kier alpha value is -4.36. The molecule has 2 aliphatic rings. The van der Waals surface area contributed by atoms with E-state index in [2.05, 4.69) is 43.3 Å². The Morgan fingerprint density at radius 1 is 1.12 bits per heavy atom. The van der Waals surface area contributed by atoms with Gasteiger partial charge in [0.15, 0.2) is 0 Å². The highest BCUT2D eigenvalue weighted by Crippen LogP contribution is 2.24. The summed E-state index contributed by atoms with van der Waals surface area (Å²) in [6.45, 7) is 6.35. The van der Waals surface area contributed by atoms with E-state index in [-0.39, 0.29) is 5.56 Å². The fourth-order valence-corrected chi connectivity index (χ4v) is 6.14. The minimum absolute atomic E-state index is 0.178. The number of aliphatic carboxylic acids is 2. The number of fused-ring (bicyclic) bond motifs is 2. The number of nitrogens with zero attached hydrogens (tertiary/aromatic N) is 6. The van der Waals surface area contributed by atoms with Gasteiger partial charge in [0.2, 0.25) is 5.95 Å². The van der Waals surface area contributed by atoms with Gasteiger partial charge >= 0.3 is 11.9 Å². The molecule has 4 aromatic rings. The van der Waals surface area contributed by atoms with Crippen LogP contribution in [-0.4, -0.2) is 76.8 Å². The summed E-state index contributed by atoms with van der Waals surface area (Å²) in [5, 5.41) is 21.4. The molecule has 0 amide bonds. The second-order valence-corrected chi connectivity index (χ2v) is 11.4. The van der Waals surface area contributed by atoms with Crippen molar-refractivity contribution in [1.29, 1.82) is 0 Å². The Morgan fingerprint density at radius 2 is 1.91 bits per heavy atom. The Kier molecular flexibility index (Phi) is 9.62. The van der Waals surface area contributed by atoms with Gasteiger partial charge in [-0.1, -0.05) is 12.1 Å². The van der Waals surface area contributed by atoms with E-state index in [0.29, 0.717) is 24.7 Å². The number of nitrogens with one attached hydrogen (secondary N) is 1. The molecule has 6 rings (SSSR count). The third kappa shape index (κ3) is 7.54. The summed E-state index contributed by atoms with van der Waals surface area (Å²) in [4.78, 5) is 48.8. The number of carbonyl (C=O) groups is 2. The number of benzene rings is 1. The number of aryl methyl sites for hydroxylation is 2. The lowest BCUT2D eigenvalue weighted by Crippen LogP contribution is -2.34. The molecule has 0 saturated carbocycles. The maximum absolute atomic E-state index is 13.1. The molecule has 1 unspecified atom stereocenters. The van der Waals surface area contributed by atoms with Gasteiger partial charge in [0.05, 0.1) is 28.8 Å². The monoisotopic (exact) mass is 605 g/mol. The number of hydrogen-bond acceptors (Lipinski definition) is 9. The van der Waals surface area contributed by atoms with E-state index in [1.54, 1.807) is 11.3 Å². The van der Waals surface area contributed by atoms with Crippen LogP contribution in [0.1, 0.15) is 42.0 Å². The van der Waals surface area contributed by atoms with Gasteiger partial charge in [0, 0.05) is 67.4 Å². The standard InChI is InChI=1S/C26H31N7OS.C4H4O4/c1-18-21(25(34)32-11-5-4-8-24(32)28-18)10-13-31-12-9-19(14-31)29-26-30-22-6-2-3-7-23(22)33(26)15-20-16-35-17-27-20;5-3(6)1-2-4(7)8/h2-3,6-7,16-17,19H,4-5,8-15H2,1H3,(H,29,30);1-2H,(H,5,6)(H,7,8)/b;2-1+. The number of carboxylic acid groups (broad SMARTS) is 2. The molecule has 3 N–H and O–H groups in total. The first-order chi connectivity index (χ1) is 20.8. The van der Waals surface area contributed by atoms with E-state index < -0.39 is 11.9 Å². The highest BCUT2D eigenvalue weighted by Gasteiger charge is 2.25. The number of likely N-dealkylation sites (tertiary alicyclic amines) is 1. The average Bonchev–Trinajstić information content (AvgIpc) is 3.74. The van der Waals surface area contributed by atoms with E-state index in [1.165, 1.54) is 0 Å². The van der Waals surface area contributed by atoms with Crippen molar-refractivity contribution in [2.24, 2.45) is 0 Å². The number of thiazole rings is 1. The van der Waals surface area contributed by atoms with Crippen molar-refractivity contribution < 1.29 is 19.8 Å². The predicted octanol–water partition coefficient (Wildman–Crippen LogP) is 3.18. The molecule has 1 aromatic carbocycles. The zero-order valence-corrected chi connectivity index (χ0v) is 24.8. The van der Waals surface area contributed by atoms with Crippen LogP contribution in [0.4, 0.5) is 5.95 Å². The van der Waals surface area contributed by atoms with E-state index in [1.807, 2.05) is 23.1 Å². The fourth-order valence-electron chi connectivity index (χ4n) is 5.59. The number of imidazole rings is 1. The van der Waals surface area contributed by atoms with Crippen molar-refractivity contribution in [2.75, 3.05) is 25.0 Å². The van der Waals surface area contributed by atoms with Gasteiger partial charge in [0.25, 0.3) is 5.56 Å². The van der Waals surface area contributed by atoms with Gasteiger partial charge in [-0.3, -0.25) is 9.36 Å². The topological polar surface area (TPSA) is 155 Å². The van der Waals surface area contributed by atoms with E-state index in [0.717, 1.165) is 98.0 Å². The molecule has 1 atom stereocenters. The largest absolute Gasteiger partial charge is 0.478 e. The molecular formula is C30H35N7O5S. The van der Waals surface area contributed by atoms with Gasteiger partial charge in [0.1, 0.15) is 5.82 Å². The summed E-state index contributed by atoms with van der Waals surface area (Å²) in [5.74, 6) is -0.646. The number of carboxylic acids is 2. The highest BCUT2D eigenvalue weighted by molar-refractivity contribution is 7.07. The molecule has 12 nitrogen and oxygen atoms in total. The molecule has 2 aliphatic heterocycles. The van der Waals surface area contributed by atoms with Crippen molar-refractivity contribution in [3.63, 3.8) is 0 Å². The van der Waals surface area contributed by atoms with Gasteiger partial charge in [-0.25, -0.2) is 24.5 Å². The molecule has 5 heterocycles. The van der Waals surface area contributed by atoms with Gasteiger partial charge in [-0.15, -0.1) is 11.3 Å². The third-order valence-electron chi connectivity index (χ3n) is 7.69. The van der Waals surface area contributed by atoms with Crippen LogP contribution in [0.15, 0.2) is 52.1 Å². The molecule has 226 valence electrons. The van der Waals surface area contributed by atoms with Crippen LogP contribution in [0.3, 0.4) is 0 Å². The van der Waals surface area contributed by atoms with Crippen molar-refractivity contribution in [1.82, 2.24) is 29.0 Å². The number of para-hydroxylation sites is 2. The van der Waals surface area contributed by atoms with Crippen LogP contribution in [-0.2, 0) is 35.5 Å². The first kappa shape index (κ1) is 30.1. The first-order valence-corrected chi connectivity index (χ1v) is 15.3. The minimum Gasteiger partial charge on any atom is -0.478 e. The summed E-state index contributed by atoms with van der Waals surface area (Å²) < 4.78 is 4.14. The smallest absolute Gasteiger partial charge is 0.328 e. The van der Waals surface area contributed by atoms with Crippen molar-refractivity contribution >= 4 is 40.3 Å². The van der Waals surface area contributed by atoms with Crippen LogP contribution in [0, 0.1) is 6.92 Å². The lowest BCUT2D eigenvalue weighted by Gasteiger charge is -2.21. The number of aromatic nitrogens is 5. The van der Waals surface area contributed by atoms with Crippen LogP contribution < -0.4 is 10.9 Å². The number of anilines is 1. The number of rotatable bonds is 9. The maximum atomic E-state index is 13.1. The molecule has 0 bridgehead atoms. The van der Waals surface area contributed by atoms with Gasteiger partial charge in [-0.05, 0) is 44.7 Å². The maximum Gasteiger partial charge on any atom is 0.328 e. The summed E-state index contributed by atoms with van der Waals surface area (Å²) in [6.07, 6.45) is 6.05. The molecule has 0 radical (unpaired) electrons. The molecule has 13 heteroatoms. The molecular weight excluding hydrogens is 570 g/mol. The molecule has 3 aromatic heterocycles. The van der Waals surface area contributed by atoms with Crippen LogP contribution in [0.5, 0.6) is 0 Å². The quantitative estimate of drug-likeness (QED) is 0.242. The molecule has 1 fully saturated rings. The summed E-state index contributed by atoms with van der Waals surface area (Å²) in [5.41, 5.74) is 7.02. The summed E-state index contributed by atoms with van der Waals surface area (Å²) >= 11 is 1.62. The van der Waals surface area contributed by atoms with Crippen molar-refractivity contribution in [3.05, 3.63) is 80.4 Å². The first-order valence-electron chi connectivity index (χ1n) is 14.3. The highest BCUT2D eigenvalue weighted by atomic mass is 32.1. The normalized spacial score (nSPS) is 16.6.